The fourth-order valence-electron chi connectivity index (χ4n) is 2.29. The summed E-state index contributed by atoms with van der Waals surface area (Å²) in [4.78, 5) is 17.6. The van der Waals surface area contributed by atoms with Crippen molar-refractivity contribution in [2.75, 3.05) is 5.32 Å². The second-order valence-electron chi connectivity index (χ2n) is 4.93. The summed E-state index contributed by atoms with van der Waals surface area (Å²) >= 11 is 1.67. The van der Waals surface area contributed by atoms with Gasteiger partial charge in [0.15, 0.2) is 5.65 Å². The van der Waals surface area contributed by atoms with E-state index >= 15 is 0 Å². The summed E-state index contributed by atoms with van der Waals surface area (Å²) in [7, 11) is 1.86. The molecule has 0 saturated heterocycles. The highest BCUT2D eigenvalue weighted by Crippen LogP contribution is 2.19. The Bertz CT molecular complexity index is 776. The molecule has 0 saturated carbocycles. The first-order valence-corrected chi connectivity index (χ1v) is 7.63. The number of aryl methyl sites for hydroxylation is 3. The summed E-state index contributed by atoms with van der Waals surface area (Å²) in [6, 6.07) is 5.97. The number of rotatable bonds is 4. The quantitative estimate of drug-likeness (QED) is 0.806. The maximum atomic E-state index is 12.0. The van der Waals surface area contributed by atoms with Gasteiger partial charge >= 0.3 is 0 Å². The van der Waals surface area contributed by atoms with Gasteiger partial charge in [-0.05, 0) is 30.9 Å². The standard InChI is InChI=1S/C15H16N4OS/c1-10-13-8-11(9-16-15(13)19(2)18-10)17-14(20)6-5-12-4-3-7-21-12/h3-4,7-9H,5-6H2,1-2H3,(H,17,20). The number of nitrogens with zero attached hydrogens (tertiary/aromatic N) is 3. The van der Waals surface area contributed by atoms with Gasteiger partial charge in [0.1, 0.15) is 0 Å². The topological polar surface area (TPSA) is 59.8 Å². The first-order chi connectivity index (χ1) is 10.1. The van der Waals surface area contributed by atoms with E-state index in [-0.39, 0.29) is 5.91 Å². The Hall–Kier alpha value is -2.21. The van der Waals surface area contributed by atoms with Crippen molar-refractivity contribution >= 4 is 34.0 Å². The lowest BCUT2D eigenvalue weighted by Gasteiger charge is -2.04. The number of carbonyl (C=O) groups is 1. The molecule has 0 atom stereocenters. The zero-order chi connectivity index (χ0) is 14.8. The molecule has 0 fully saturated rings. The van der Waals surface area contributed by atoms with E-state index in [1.165, 1.54) is 4.88 Å². The average molecular weight is 300 g/mol. The summed E-state index contributed by atoms with van der Waals surface area (Å²) in [5.41, 5.74) is 2.45. The van der Waals surface area contributed by atoms with Crippen LogP contribution in [0.5, 0.6) is 0 Å². The lowest BCUT2D eigenvalue weighted by molar-refractivity contribution is -0.116. The number of fused-ring (bicyclic) bond motifs is 1. The van der Waals surface area contributed by atoms with E-state index < -0.39 is 0 Å². The fourth-order valence-corrected chi connectivity index (χ4v) is 3.00. The molecule has 0 spiro atoms. The summed E-state index contributed by atoms with van der Waals surface area (Å²) in [6.07, 6.45) is 2.92. The van der Waals surface area contributed by atoms with Crippen molar-refractivity contribution in [3.8, 4) is 0 Å². The molecule has 0 aliphatic carbocycles. The highest BCUT2D eigenvalue weighted by Gasteiger charge is 2.09. The van der Waals surface area contributed by atoms with E-state index in [4.69, 9.17) is 0 Å². The number of thiophene rings is 1. The summed E-state index contributed by atoms with van der Waals surface area (Å²) in [5.74, 6) is 0.00564. The highest BCUT2D eigenvalue weighted by molar-refractivity contribution is 7.09. The third-order valence-corrected chi connectivity index (χ3v) is 4.26. The van der Waals surface area contributed by atoms with E-state index in [2.05, 4.69) is 15.4 Å². The summed E-state index contributed by atoms with van der Waals surface area (Å²) < 4.78 is 1.74. The molecule has 1 amide bonds. The molecule has 0 aromatic carbocycles. The monoisotopic (exact) mass is 300 g/mol. The van der Waals surface area contributed by atoms with Crippen LogP contribution in [0.25, 0.3) is 11.0 Å². The number of carbonyl (C=O) groups excluding carboxylic acids is 1. The Kier molecular flexibility index (Phi) is 3.70. The molecule has 0 radical (unpaired) electrons. The van der Waals surface area contributed by atoms with E-state index in [1.54, 1.807) is 22.2 Å². The number of aromatic nitrogens is 3. The number of amides is 1. The van der Waals surface area contributed by atoms with Gasteiger partial charge in [0.05, 0.1) is 17.6 Å². The van der Waals surface area contributed by atoms with Gasteiger partial charge in [0.25, 0.3) is 0 Å². The Morgan fingerprint density at radius 1 is 1.48 bits per heavy atom. The van der Waals surface area contributed by atoms with Crippen molar-refractivity contribution < 1.29 is 4.79 Å². The van der Waals surface area contributed by atoms with E-state index in [0.29, 0.717) is 6.42 Å². The second kappa shape index (κ2) is 5.65. The molecular weight excluding hydrogens is 284 g/mol. The van der Waals surface area contributed by atoms with Crippen molar-refractivity contribution in [2.24, 2.45) is 7.05 Å². The third-order valence-electron chi connectivity index (χ3n) is 3.33. The molecule has 0 bridgehead atoms. The largest absolute Gasteiger partial charge is 0.325 e. The van der Waals surface area contributed by atoms with Crippen LogP contribution in [0, 0.1) is 6.92 Å². The van der Waals surface area contributed by atoms with Crippen LogP contribution in [0.2, 0.25) is 0 Å². The first kappa shape index (κ1) is 13.8. The Balaban J connectivity index is 1.69. The molecule has 3 rings (SSSR count). The summed E-state index contributed by atoms with van der Waals surface area (Å²) in [6.45, 7) is 1.94. The average Bonchev–Trinajstić information content (AvgIpc) is 3.06. The second-order valence-corrected chi connectivity index (χ2v) is 5.96. The van der Waals surface area contributed by atoms with Crippen LogP contribution >= 0.6 is 11.3 Å². The van der Waals surface area contributed by atoms with Crippen molar-refractivity contribution in [2.45, 2.75) is 19.8 Å². The lowest BCUT2D eigenvalue weighted by atomic mass is 10.2. The van der Waals surface area contributed by atoms with Crippen molar-refractivity contribution in [1.82, 2.24) is 14.8 Å². The predicted molar refractivity (Wildman–Crippen MR) is 84.5 cm³/mol. The van der Waals surface area contributed by atoms with Gasteiger partial charge in [-0.2, -0.15) is 5.10 Å². The molecule has 0 aliphatic heterocycles. The van der Waals surface area contributed by atoms with Gasteiger partial charge in [-0.15, -0.1) is 11.3 Å². The van der Waals surface area contributed by atoms with Crippen LogP contribution in [0.3, 0.4) is 0 Å². The number of pyridine rings is 1. The number of nitrogens with one attached hydrogen (secondary N) is 1. The Morgan fingerprint density at radius 3 is 3.10 bits per heavy atom. The van der Waals surface area contributed by atoms with Gasteiger partial charge in [0.2, 0.25) is 5.91 Å². The van der Waals surface area contributed by atoms with Gasteiger partial charge in [-0.3, -0.25) is 9.48 Å². The van der Waals surface area contributed by atoms with Crippen molar-refractivity contribution in [3.63, 3.8) is 0 Å². The molecule has 0 aliphatic rings. The maximum absolute atomic E-state index is 12.0. The van der Waals surface area contributed by atoms with Gasteiger partial charge in [-0.25, -0.2) is 4.98 Å². The minimum absolute atomic E-state index is 0.00564. The Morgan fingerprint density at radius 2 is 2.33 bits per heavy atom. The van der Waals surface area contributed by atoms with Crippen LogP contribution in [-0.2, 0) is 18.3 Å². The predicted octanol–water partition coefficient (Wildman–Crippen LogP) is 2.91. The van der Waals surface area contributed by atoms with E-state index in [1.807, 2.05) is 37.6 Å². The molecule has 0 unspecified atom stereocenters. The van der Waals surface area contributed by atoms with Crippen LogP contribution < -0.4 is 5.32 Å². The minimum Gasteiger partial charge on any atom is -0.325 e. The molecule has 6 heteroatoms. The minimum atomic E-state index is 0.00564. The molecule has 108 valence electrons. The molecule has 5 nitrogen and oxygen atoms in total. The van der Waals surface area contributed by atoms with Crippen molar-refractivity contribution in [3.05, 3.63) is 40.3 Å². The van der Waals surface area contributed by atoms with Gasteiger partial charge < -0.3 is 5.32 Å². The van der Waals surface area contributed by atoms with Gasteiger partial charge in [0, 0.05) is 23.7 Å². The van der Waals surface area contributed by atoms with E-state index in [9.17, 15) is 4.79 Å². The van der Waals surface area contributed by atoms with Crippen LogP contribution in [-0.4, -0.2) is 20.7 Å². The molecule has 21 heavy (non-hydrogen) atoms. The van der Waals surface area contributed by atoms with Crippen LogP contribution in [0.1, 0.15) is 17.0 Å². The number of anilines is 1. The smallest absolute Gasteiger partial charge is 0.224 e. The van der Waals surface area contributed by atoms with Crippen molar-refractivity contribution in [1.29, 1.82) is 0 Å². The van der Waals surface area contributed by atoms with E-state index in [0.717, 1.165) is 28.8 Å². The Labute approximate surface area is 126 Å². The number of hydrogen-bond donors (Lipinski definition) is 1. The zero-order valence-electron chi connectivity index (χ0n) is 12.0. The molecule has 3 heterocycles. The van der Waals surface area contributed by atoms with Crippen LogP contribution in [0.4, 0.5) is 5.69 Å². The summed E-state index contributed by atoms with van der Waals surface area (Å²) in [5, 5.41) is 10.2. The molecule has 3 aromatic rings. The normalized spacial score (nSPS) is 11.0. The maximum Gasteiger partial charge on any atom is 0.224 e. The zero-order valence-corrected chi connectivity index (χ0v) is 12.8. The molecule has 3 aromatic heterocycles. The molecular formula is C15H16N4OS. The van der Waals surface area contributed by atoms with Crippen LogP contribution in [0.15, 0.2) is 29.8 Å². The first-order valence-electron chi connectivity index (χ1n) is 6.75. The third kappa shape index (κ3) is 2.95. The van der Waals surface area contributed by atoms with Gasteiger partial charge in [-0.1, -0.05) is 6.07 Å². The SMILES string of the molecule is Cc1nn(C)c2ncc(NC(=O)CCc3cccs3)cc12. The number of hydrogen-bond acceptors (Lipinski definition) is 4. The fraction of sp³-hybridized carbons (Fsp3) is 0.267. The molecule has 1 N–H and O–H groups in total. The highest BCUT2D eigenvalue weighted by atomic mass is 32.1. The lowest BCUT2D eigenvalue weighted by Crippen LogP contribution is -2.12.